The second-order valence-corrected chi connectivity index (χ2v) is 4.04. The third kappa shape index (κ3) is 3.79. The zero-order valence-electron chi connectivity index (χ0n) is 11.3. The number of rotatable bonds is 3. The van der Waals surface area contributed by atoms with Gasteiger partial charge in [-0.05, 0) is 24.6 Å². The number of nitrogens with one attached hydrogen (secondary N) is 2. The lowest BCUT2D eigenvalue weighted by molar-refractivity contribution is -0.114. The van der Waals surface area contributed by atoms with Gasteiger partial charge in [0.2, 0.25) is 5.91 Å². The van der Waals surface area contributed by atoms with Crippen LogP contribution in [0.1, 0.15) is 12.5 Å². The monoisotopic (exact) mass is 283 g/mol. The zero-order valence-corrected chi connectivity index (χ0v) is 11.3. The van der Waals surface area contributed by atoms with Crippen molar-refractivity contribution in [3.8, 4) is 18.2 Å². The van der Waals surface area contributed by atoms with Crippen LogP contribution in [0.4, 0.5) is 15.8 Å². The Balaban J connectivity index is 3.41. The molecule has 0 aliphatic carbocycles. The van der Waals surface area contributed by atoms with E-state index in [1.54, 1.807) is 25.1 Å². The van der Waals surface area contributed by atoms with Crippen LogP contribution in [0.2, 0.25) is 0 Å². The maximum atomic E-state index is 13.5. The number of nitriles is 3. The van der Waals surface area contributed by atoms with Crippen molar-refractivity contribution >= 4 is 17.3 Å². The minimum absolute atomic E-state index is 0.0854. The number of carbonyl (C=O) groups excluding carboxylic acids is 1. The fourth-order valence-electron chi connectivity index (χ4n) is 1.60. The Bertz CT molecular complexity index is 730. The van der Waals surface area contributed by atoms with Crippen molar-refractivity contribution in [2.24, 2.45) is 0 Å². The summed E-state index contributed by atoms with van der Waals surface area (Å²) in [7, 11) is 0. The average molecular weight is 283 g/mol. The molecule has 104 valence electrons. The summed E-state index contributed by atoms with van der Waals surface area (Å²) in [5.41, 5.74) is 0.0272. The summed E-state index contributed by atoms with van der Waals surface area (Å²) in [4.78, 5) is 11.2. The largest absolute Gasteiger partial charge is 0.343 e. The van der Waals surface area contributed by atoms with Crippen LogP contribution >= 0.6 is 0 Å². The molecule has 0 aliphatic heterocycles. The molecule has 7 heteroatoms. The van der Waals surface area contributed by atoms with Crippen LogP contribution < -0.4 is 10.6 Å². The molecule has 0 fully saturated rings. The number of benzene rings is 1. The highest BCUT2D eigenvalue weighted by atomic mass is 19.1. The molecule has 1 rings (SSSR count). The zero-order chi connectivity index (χ0) is 16.0. The third-order valence-corrected chi connectivity index (χ3v) is 2.45. The van der Waals surface area contributed by atoms with E-state index < -0.39 is 11.4 Å². The van der Waals surface area contributed by atoms with Gasteiger partial charge in [-0.2, -0.15) is 15.8 Å². The molecule has 1 amide bonds. The first-order valence-electron chi connectivity index (χ1n) is 5.72. The Hall–Kier alpha value is -3.37. The van der Waals surface area contributed by atoms with Crippen LogP contribution in [-0.4, -0.2) is 5.91 Å². The van der Waals surface area contributed by atoms with Crippen molar-refractivity contribution in [1.29, 1.82) is 15.8 Å². The summed E-state index contributed by atoms with van der Waals surface area (Å²) < 4.78 is 13.5. The number of carbonyl (C=O) groups is 1. The molecule has 0 radical (unpaired) electrons. The molecule has 0 spiro atoms. The van der Waals surface area contributed by atoms with E-state index in [2.05, 4.69) is 10.6 Å². The van der Waals surface area contributed by atoms with E-state index in [1.807, 2.05) is 0 Å². The summed E-state index contributed by atoms with van der Waals surface area (Å²) >= 11 is 0. The van der Waals surface area contributed by atoms with Gasteiger partial charge in [-0.3, -0.25) is 4.79 Å². The predicted octanol–water partition coefficient (Wildman–Crippen LogP) is 2.33. The average Bonchev–Trinajstić information content (AvgIpc) is 2.42. The third-order valence-electron chi connectivity index (χ3n) is 2.45. The van der Waals surface area contributed by atoms with Crippen molar-refractivity contribution in [2.45, 2.75) is 13.8 Å². The highest BCUT2D eigenvalue weighted by Gasteiger charge is 2.13. The molecular weight excluding hydrogens is 273 g/mol. The number of hydrogen-bond acceptors (Lipinski definition) is 5. The molecule has 0 bridgehead atoms. The second kappa shape index (κ2) is 6.70. The SMILES string of the molecule is CC(=O)Nc1c(C)cc(F)cc1NC(C#N)=C(C#N)C#N. The first kappa shape index (κ1) is 15.7. The van der Waals surface area contributed by atoms with Gasteiger partial charge in [0.1, 0.15) is 29.7 Å². The summed E-state index contributed by atoms with van der Waals surface area (Å²) in [6, 6.07) is 7.06. The van der Waals surface area contributed by atoms with Gasteiger partial charge in [0.15, 0.2) is 5.57 Å². The Labute approximate surface area is 120 Å². The number of nitrogens with zero attached hydrogens (tertiary/aromatic N) is 3. The molecule has 0 heterocycles. The normalized spacial score (nSPS) is 8.76. The summed E-state index contributed by atoms with van der Waals surface area (Å²) in [6.45, 7) is 2.86. The fourth-order valence-corrected chi connectivity index (χ4v) is 1.60. The van der Waals surface area contributed by atoms with Crippen molar-refractivity contribution in [2.75, 3.05) is 10.6 Å². The maximum absolute atomic E-state index is 13.5. The number of allylic oxidation sites excluding steroid dienone is 2. The van der Waals surface area contributed by atoms with Crippen LogP contribution in [0.3, 0.4) is 0 Å². The van der Waals surface area contributed by atoms with Gasteiger partial charge in [0.25, 0.3) is 0 Å². The smallest absolute Gasteiger partial charge is 0.221 e. The van der Waals surface area contributed by atoms with Crippen LogP contribution in [0.25, 0.3) is 0 Å². The van der Waals surface area contributed by atoms with E-state index in [1.165, 1.54) is 13.0 Å². The van der Waals surface area contributed by atoms with Gasteiger partial charge < -0.3 is 10.6 Å². The van der Waals surface area contributed by atoms with Crippen LogP contribution in [0.15, 0.2) is 23.4 Å². The summed E-state index contributed by atoms with van der Waals surface area (Å²) in [6.07, 6.45) is 0. The van der Waals surface area contributed by atoms with Crippen LogP contribution in [-0.2, 0) is 4.79 Å². The number of aryl methyl sites for hydroxylation is 1. The number of halogens is 1. The van der Waals surface area contributed by atoms with E-state index in [9.17, 15) is 9.18 Å². The van der Waals surface area contributed by atoms with Gasteiger partial charge in [-0.1, -0.05) is 0 Å². The highest BCUT2D eigenvalue weighted by molar-refractivity contribution is 5.94. The molecule has 0 saturated heterocycles. The minimum Gasteiger partial charge on any atom is -0.343 e. The van der Waals surface area contributed by atoms with Crippen molar-refractivity contribution in [1.82, 2.24) is 0 Å². The molecule has 0 atom stereocenters. The molecule has 0 aromatic heterocycles. The molecule has 1 aromatic carbocycles. The van der Waals surface area contributed by atoms with E-state index in [0.29, 0.717) is 5.56 Å². The molecule has 0 saturated carbocycles. The molecular formula is C14H10FN5O. The van der Waals surface area contributed by atoms with Crippen molar-refractivity contribution in [3.63, 3.8) is 0 Å². The first-order valence-corrected chi connectivity index (χ1v) is 5.72. The second-order valence-electron chi connectivity index (χ2n) is 4.04. The van der Waals surface area contributed by atoms with Gasteiger partial charge in [0.05, 0.1) is 11.4 Å². The lowest BCUT2D eigenvalue weighted by Gasteiger charge is -2.14. The predicted molar refractivity (Wildman–Crippen MR) is 72.9 cm³/mol. The molecule has 0 aliphatic rings. The molecule has 21 heavy (non-hydrogen) atoms. The van der Waals surface area contributed by atoms with Crippen LogP contribution in [0, 0.1) is 46.7 Å². The minimum atomic E-state index is -0.586. The molecule has 1 aromatic rings. The quantitative estimate of drug-likeness (QED) is 0.826. The Morgan fingerprint density at radius 1 is 1.14 bits per heavy atom. The van der Waals surface area contributed by atoms with E-state index in [0.717, 1.165) is 6.07 Å². The molecule has 0 unspecified atom stereocenters. The standard InChI is InChI=1S/C14H10FN5O/c1-8-3-11(15)4-12(14(8)19-9(2)21)20-13(7-18)10(5-16)6-17/h3-4,20H,1-2H3,(H,19,21). The summed E-state index contributed by atoms with van der Waals surface area (Å²) in [5, 5.41) is 31.5. The Morgan fingerprint density at radius 2 is 1.76 bits per heavy atom. The van der Waals surface area contributed by atoms with Crippen molar-refractivity contribution in [3.05, 3.63) is 34.8 Å². The van der Waals surface area contributed by atoms with E-state index in [-0.39, 0.29) is 23.0 Å². The van der Waals surface area contributed by atoms with E-state index in [4.69, 9.17) is 15.8 Å². The number of amides is 1. The highest BCUT2D eigenvalue weighted by Crippen LogP contribution is 2.29. The van der Waals surface area contributed by atoms with Gasteiger partial charge in [-0.25, -0.2) is 4.39 Å². The maximum Gasteiger partial charge on any atom is 0.221 e. The number of anilines is 2. The topological polar surface area (TPSA) is 112 Å². The van der Waals surface area contributed by atoms with Gasteiger partial charge in [-0.15, -0.1) is 0 Å². The van der Waals surface area contributed by atoms with E-state index >= 15 is 0 Å². The fraction of sp³-hybridized carbons (Fsp3) is 0.143. The Morgan fingerprint density at radius 3 is 2.24 bits per heavy atom. The lowest BCUT2D eigenvalue weighted by Crippen LogP contribution is -2.11. The summed E-state index contributed by atoms with van der Waals surface area (Å²) in [5.74, 6) is -0.965. The van der Waals surface area contributed by atoms with Gasteiger partial charge in [0, 0.05) is 6.92 Å². The lowest BCUT2D eigenvalue weighted by atomic mass is 10.1. The Kier molecular flexibility index (Phi) is 5.00. The molecule has 6 nitrogen and oxygen atoms in total. The van der Waals surface area contributed by atoms with Crippen LogP contribution in [0.5, 0.6) is 0 Å². The first-order chi connectivity index (χ1) is 9.92. The number of hydrogen-bond donors (Lipinski definition) is 2. The van der Waals surface area contributed by atoms with Gasteiger partial charge >= 0.3 is 0 Å². The molecule has 2 N–H and O–H groups in total. The van der Waals surface area contributed by atoms with Crippen molar-refractivity contribution < 1.29 is 9.18 Å².